The number of hydrogen-bond donors (Lipinski definition) is 1. The first-order chi connectivity index (χ1) is 11.9. The zero-order chi connectivity index (χ0) is 18.4. The maximum absolute atomic E-state index is 12.4. The Kier molecular flexibility index (Phi) is 6.72. The van der Waals surface area contributed by atoms with Crippen molar-refractivity contribution in [3.8, 4) is 0 Å². The predicted molar refractivity (Wildman–Crippen MR) is 97.0 cm³/mol. The minimum Gasteiger partial charge on any atom is -0.383 e. The van der Waals surface area contributed by atoms with Crippen molar-refractivity contribution in [2.24, 2.45) is 0 Å². The molecule has 0 radical (unpaired) electrons. The third-order valence-electron chi connectivity index (χ3n) is 3.63. The summed E-state index contributed by atoms with van der Waals surface area (Å²) in [5, 5.41) is 11.4. The van der Waals surface area contributed by atoms with E-state index in [0.717, 1.165) is 5.82 Å². The smallest absolute Gasteiger partial charge is 0.237 e. The summed E-state index contributed by atoms with van der Waals surface area (Å²) in [7, 11) is 1.64. The Balaban J connectivity index is 1.99. The lowest BCUT2D eigenvalue weighted by Crippen LogP contribution is -2.23. The molecule has 0 aliphatic carbocycles. The molecule has 7 nitrogen and oxygen atoms in total. The molecule has 1 aromatic carbocycles. The summed E-state index contributed by atoms with van der Waals surface area (Å²) in [6.45, 7) is 6.38. The maximum atomic E-state index is 12.4. The Morgan fingerprint density at radius 3 is 2.56 bits per heavy atom. The van der Waals surface area contributed by atoms with E-state index < -0.39 is 0 Å². The Bertz CT molecular complexity index is 743. The van der Waals surface area contributed by atoms with E-state index >= 15 is 0 Å². The lowest BCUT2D eigenvalue weighted by Gasteiger charge is -2.13. The van der Waals surface area contributed by atoms with Gasteiger partial charge in [0.15, 0.2) is 10.9 Å². The van der Waals surface area contributed by atoms with Gasteiger partial charge in [0.25, 0.3) is 0 Å². The highest BCUT2D eigenvalue weighted by Crippen LogP contribution is 2.23. The Labute approximate surface area is 151 Å². The summed E-state index contributed by atoms with van der Waals surface area (Å²) in [6, 6.07) is 6.83. The minimum absolute atomic E-state index is 0.00688. The van der Waals surface area contributed by atoms with Crippen molar-refractivity contribution in [3.63, 3.8) is 0 Å². The topological polar surface area (TPSA) is 86.1 Å². The van der Waals surface area contributed by atoms with Gasteiger partial charge in [-0.1, -0.05) is 11.8 Å². The van der Waals surface area contributed by atoms with Gasteiger partial charge in [0.05, 0.1) is 11.9 Å². The molecule has 0 spiro atoms. The van der Waals surface area contributed by atoms with Crippen LogP contribution in [-0.2, 0) is 16.1 Å². The van der Waals surface area contributed by atoms with Crippen molar-refractivity contribution in [2.75, 3.05) is 19.0 Å². The zero-order valence-corrected chi connectivity index (χ0v) is 15.6. The average molecular weight is 362 g/mol. The van der Waals surface area contributed by atoms with Gasteiger partial charge in [-0.25, -0.2) is 0 Å². The molecule has 0 aliphatic heterocycles. The van der Waals surface area contributed by atoms with Crippen LogP contribution in [0.5, 0.6) is 0 Å². The Morgan fingerprint density at radius 1 is 1.28 bits per heavy atom. The van der Waals surface area contributed by atoms with Crippen LogP contribution in [0.4, 0.5) is 5.69 Å². The molecule has 0 bridgehead atoms. The number of aryl methyl sites for hydroxylation is 1. The van der Waals surface area contributed by atoms with Crippen LogP contribution >= 0.6 is 11.8 Å². The van der Waals surface area contributed by atoms with Gasteiger partial charge in [-0.3, -0.25) is 9.59 Å². The number of thioether (sulfide) groups is 1. The van der Waals surface area contributed by atoms with Crippen molar-refractivity contribution in [3.05, 3.63) is 35.7 Å². The van der Waals surface area contributed by atoms with Crippen molar-refractivity contribution >= 4 is 29.1 Å². The number of carbonyl (C=O) groups is 2. The number of amides is 1. The standard InChI is InChI=1S/C17H22N4O3S/c1-11(22)14-5-7-15(8-6-14)18-16(23)12(2)25-17-20-19-13(3)21(17)9-10-24-4/h5-8,12H,9-10H2,1-4H3,(H,18,23)/t12-/m1/s1. The molecule has 8 heteroatoms. The number of ketones is 1. The Hall–Kier alpha value is -2.19. The predicted octanol–water partition coefficient (Wildman–Crippen LogP) is 2.55. The van der Waals surface area contributed by atoms with Crippen molar-refractivity contribution < 1.29 is 14.3 Å². The minimum atomic E-state index is -0.350. The lowest BCUT2D eigenvalue weighted by atomic mass is 10.1. The molecule has 1 amide bonds. The molecule has 1 atom stereocenters. The first-order valence-electron chi connectivity index (χ1n) is 7.89. The van der Waals surface area contributed by atoms with Gasteiger partial charge in [-0.2, -0.15) is 0 Å². The molecule has 0 unspecified atom stereocenters. The number of Topliss-reactive ketones (excluding diaryl/α,β-unsaturated/α-hetero) is 1. The first-order valence-corrected chi connectivity index (χ1v) is 8.77. The second-order valence-electron chi connectivity index (χ2n) is 5.56. The lowest BCUT2D eigenvalue weighted by molar-refractivity contribution is -0.115. The molecule has 0 saturated carbocycles. The molecule has 0 saturated heterocycles. The van der Waals surface area contributed by atoms with Crippen LogP contribution in [0.3, 0.4) is 0 Å². The van der Waals surface area contributed by atoms with Crippen molar-refractivity contribution in [2.45, 2.75) is 37.7 Å². The molecular weight excluding hydrogens is 340 g/mol. The number of aromatic nitrogens is 3. The molecule has 0 fully saturated rings. The molecule has 1 aromatic heterocycles. The summed E-state index contributed by atoms with van der Waals surface area (Å²) >= 11 is 1.34. The normalized spacial score (nSPS) is 12.0. The van der Waals surface area contributed by atoms with Crippen LogP contribution in [0.2, 0.25) is 0 Å². The highest BCUT2D eigenvalue weighted by Gasteiger charge is 2.19. The second kappa shape index (κ2) is 8.77. The number of methoxy groups -OCH3 is 1. The third kappa shape index (κ3) is 5.14. The number of benzene rings is 1. The van der Waals surface area contributed by atoms with Gasteiger partial charge >= 0.3 is 0 Å². The SMILES string of the molecule is COCCn1c(C)nnc1S[C@H](C)C(=O)Nc1ccc(C(C)=O)cc1. The fourth-order valence-corrected chi connectivity index (χ4v) is 3.05. The number of carbonyl (C=O) groups excluding carboxylic acids is 2. The molecule has 134 valence electrons. The zero-order valence-electron chi connectivity index (χ0n) is 14.8. The maximum Gasteiger partial charge on any atom is 0.237 e. The van der Waals surface area contributed by atoms with Crippen LogP contribution in [0, 0.1) is 6.92 Å². The summed E-state index contributed by atoms with van der Waals surface area (Å²) in [5.74, 6) is 0.638. The molecule has 1 heterocycles. The molecule has 25 heavy (non-hydrogen) atoms. The van der Waals surface area contributed by atoms with Gasteiger partial charge in [0.2, 0.25) is 5.91 Å². The Morgan fingerprint density at radius 2 is 1.96 bits per heavy atom. The molecule has 2 rings (SSSR count). The first kappa shape index (κ1) is 19.1. The quantitative estimate of drug-likeness (QED) is 0.574. The van der Waals surface area contributed by atoms with E-state index in [1.165, 1.54) is 18.7 Å². The van der Waals surface area contributed by atoms with Gasteiger partial charge in [0, 0.05) is 24.9 Å². The van der Waals surface area contributed by atoms with Crippen LogP contribution in [0.25, 0.3) is 0 Å². The fraction of sp³-hybridized carbons (Fsp3) is 0.412. The van der Waals surface area contributed by atoms with Crippen molar-refractivity contribution in [1.82, 2.24) is 14.8 Å². The van der Waals surface area contributed by atoms with E-state index in [-0.39, 0.29) is 16.9 Å². The van der Waals surface area contributed by atoms with E-state index in [9.17, 15) is 9.59 Å². The van der Waals surface area contributed by atoms with E-state index in [1.54, 1.807) is 31.4 Å². The average Bonchev–Trinajstić information content (AvgIpc) is 2.93. The summed E-state index contributed by atoms with van der Waals surface area (Å²) in [5.41, 5.74) is 1.27. The van der Waals surface area contributed by atoms with Crippen LogP contribution in [0.1, 0.15) is 30.0 Å². The van der Waals surface area contributed by atoms with E-state index in [4.69, 9.17) is 4.74 Å². The summed E-state index contributed by atoms with van der Waals surface area (Å²) in [4.78, 5) is 23.7. The number of hydrogen-bond acceptors (Lipinski definition) is 6. The number of anilines is 1. The van der Waals surface area contributed by atoms with Crippen LogP contribution < -0.4 is 5.32 Å². The fourth-order valence-electron chi connectivity index (χ4n) is 2.13. The molecule has 2 aromatic rings. The number of nitrogens with zero attached hydrogens (tertiary/aromatic N) is 3. The van der Waals surface area contributed by atoms with Gasteiger partial charge < -0.3 is 14.6 Å². The largest absolute Gasteiger partial charge is 0.383 e. The number of rotatable bonds is 8. The van der Waals surface area contributed by atoms with E-state index in [1.807, 2.05) is 18.4 Å². The van der Waals surface area contributed by atoms with E-state index in [2.05, 4.69) is 15.5 Å². The highest BCUT2D eigenvalue weighted by atomic mass is 32.2. The molecular formula is C17H22N4O3S. The highest BCUT2D eigenvalue weighted by molar-refractivity contribution is 8.00. The third-order valence-corrected chi connectivity index (χ3v) is 4.71. The molecule has 0 aliphatic rings. The summed E-state index contributed by atoms with van der Waals surface area (Å²) < 4.78 is 7.02. The second-order valence-corrected chi connectivity index (χ2v) is 6.87. The van der Waals surface area contributed by atoms with Crippen LogP contribution in [0.15, 0.2) is 29.4 Å². The summed E-state index contributed by atoms with van der Waals surface area (Å²) in [6.07, 6.45) is 0. The monoisotopic (exact) mass is 362 g/mol. The van der Waals surface area contributed by atoms with Gasteiger partial charge in [-0.15, -0.1) is 10.2 Å². The number of nitrogens with one attached hydrogen (secondary N) is 1. The van der Waals surface area contributed by atoms with Gasteiger partial charge in [0.1, 0.15) is 5.82 Å². The van der Waals surface area contributed by atoms with Crippen LogP contribution in [-0.4, -0.2) is 45.4 Å². The van der Waals surface area contributed by atoms with Crippen molar-refractivity contribution in [1.29, 1.82) is 0 Å². The number of ether oxygens (including phenoxy) is 1. The van der Waals surface area contributed by atoms with E-state index in [0.29, 0.717) is 29.6 Å². The van der Waals surface area contributed by atoms with Gasteiger partial charge in [-0.05, 0) is 45.0 Å². The molecule has 1 N–H and O–H groups in total.